The Hall–Kier alpha value is -2.78. The van der Waals surface area contributed by atoms with E-state index in [9.17, 15) is 4.79 Å². The van der Waals surface area contributed by atoms with Gasteiger partial charge in [-0.1, -0.05) is 31.2 Å². The van der Waals surface area contributed by atoms with Gasteiger partial charge in [-0.15, -0.1) is 16.4 Å². The molecule has 0 spiro atoms. The number of esters is 1. The van der Waals surface area contributed by atoms with Gasteiger partial charge in [0.25, 0.3) is 0 Å². The normalized spacial score (nSPS) is 15.3. The van der Waals surface area contributed by atoms with Crippen LogP contribution in [0.1, 0.15) is 45.3 Å². The van der Waals surface area contributed by atoms with Crippen molar-refractivity contribution in [3.05, 3.63) is 57.7 Å². The number of fused-ring (bicyclic) bond motifs is 1. The average Bonchev–Trinajstić information content (AvgIpc) is 3.32. The van der Waals surface area contributed by atoms with Crippen molar-refractivity contribution in [3.63, 3.8) is 0 Å². The van der Waals surface area contributed by atoms with Gasteiger partial charge in [0, 0.05) is 4.88 Å². The molecule has 31 heavy (non-hydrogen) atoms. The van der Waals surface area contributed by atoms with Gasteiger partial charge in [0.1, 0.15) is 11.3 Å². The van der Waals surface area contributed by atoms with Crippen molar-refractivity contribution >= 4 is 45.6 Å². The maximum atomic E-state index is 12.4. The zero-order valence-electron chi connectivity index (χ0n) is 17.8. The number of methoxy groups -OCH3 is 1. The van der Waals surface area contributed by atoms with Gasteiger partial charge in [-0.25, -0.2) is 14.5 Å². The minimum absolute atomic E-state index is 0.335. The molecule has 162 valence electrons. The van der Waals surface area contributed by atoms with Gasteiger partial charge in [-0.05, 0) is 61.0 Å². The standard InChI is InChI=1S/C22H25N5O2S2/c1-13-8-9-16-17(10-13)31-19(18(16)20(28)29-3)24-22(30)25-21-23-12-27(26-21)11-15-7-5-4-6-14(15)2/h4-7,12-13H,8-11H2,1-3H3,(H2,24,25,26,30). The predicted molar refractivity (Wildman–Crippen MR) is 127 cm³/mol. The van der Waals surface area contributed by atoms with Crippen LogP contribution in [0.25, 0.3) is 0 Å². The monoisotopic (exact) mass is 455 g/mol. The number of aromatic nitrogens is 3. The quantitative estimate of drug-likeness (QED) is 0.435. The molecule has 3 aromatic rings. The molecule has 1 aromatic carbocycles. The largest absolute Gasteiger partial charge is 0.465 e. The minimum Gasteiger partial charge on any atom is -0.465 e. The van der Waals surface area contributed by atoms with Crippen LogP contribution in [0.3, 0.4) is 0 Å². The first-order valence-corrected chi connectivity index (χ1v) is 11.4. The average molecular weight is 456 g/mol. The van der Waals surface area contributed by atoms with Crippen LogP contribution in [-0.4, -0.2) is 33.0 Å². The number of hydrogen-bond donors (Lipinski definition) is 2. The molecule has 1 aliphatic rings. The van der Waals surface area contributed by atoms with E-state index in [0.29, 0.717) is 34.1 Å². The molecule has 0 saturated heterocycles. The van der Waals surface area contributed by atoms with Crippen LogP contribution in [0.2, 0.25) is 0 Å². The maximum Gasteiger partial charge on any atom is 0.341 e. The first-order valence-electron chi connectivity index (χ1n) is 10.2. The third kappa shape index (κ3) is 4.77. The maximum absolute atomic E-state index is 12.4. The highest BCUT2D eigenvalue weighted by molar-refractivity contribution is 7.80. The molecule has 0 fully saturated rings. The van der Waals surface area contributed by atoms with Crippen LogP contribution in [-0.2, 0) is 24.1 Å². The molecule has 2 heterocycles. The number of anilines is 2. The van der Waals surface area contributed by atoms with Crippen LogP contribution in [0.4, 0.5) is 10.9 Å². The van der Waals surface area contributed by atoms with E-state index < -0.39 is 0 Å². The van der Waals surface area contributed by atoms with E-state index in [1.54, 1.807) is 22.3 Å². The molecular formula is C22H25N5O2S2. The third-order valence-corrected chi connectivity index (χ3v) is 6.86. The zero-order valence-corrected chi connectivity index (χ0v) is 19.4. The number of rotatable bonds is 5. The molecule has 0 bridgehead atoms. The number of benzene rings is 1. The number of carbonyl (C=O) groups excluding carboxylic acids is 1. The number of thiophene rings is 1. The van der Waals surface area contributed by atoms with E-state index in [2.05, 4.69) is 46.7 Å². The van der Waals surface area contributed by atoms with Gasteiger partial charge in [-0.2, -0.15) is 0 Å². The number of nitrogens with one attached hydrogen (secondary N) is 2. The minimum atomic E-state index is -0.335. The second-order valence-electron chi connectivity index (χ2n) is 7.82. The van der Waals surface area contributed by atoms with Crippen molar-refractivity contribution in [1.29, 1.82) is 0 Å². The highest BCUT2D eigenvalue weighted by Gasteiger charge is 2.28. The van der Waals surface area contributed by atoms with Crippen LogP contribution in [0.5, 0.6) is 0 Å². The summed E-state index contributed by atoms with van der Waals surface area (Å²) in [4.78, 5) is 18.0. The molecule has 1 aliphatic carbocycles. The summed E-state index contributed by atoms with van der Waals surface area (Å²) < 4.78 is 6.80. The van der Waals surface area contributed by atoms with Gasteiger partial charge >= 0.3 is 5.97 Å². The van der Waals surface area contributed by atoms with Crippen molar-refractivity contribution in [1.82, 2.24) is 14.8 Å². The number of aryl methyl sites for hydroxylation is 1. The van der Waals surface area contributed by atoms with Gasteiger partial charge in [0.15, 0.2) is 5.11 Å². The molecule has 2 aromatic heterocycles. The van der Waals surface area contributed by atoms with Crippen LogP contribution in [0, 0.1) is 12.8 Å². The third-order valence-electron chi connectivity index (χ3n) is 5.48. The lowest BCUT2D eigenvalue weighted by atomic mass is 9.88. The Morgan fingerprint density at radius 2 is 2.16 bits per heavy atom. The van der Waals surface area contributed by atoms with E-state index in [1.165, 1.54) is 23.1 Å². The summed E-state index contributed by atoms with van der Waals surface area (Å²) in [7, 11) is 1.41. The van der Waals surface area contributed by atoms with E-state index in [1.807, 2.05) is 12.1 Å². The summed E-state index contributed by atoms with van der Waals surface area (Å²) in [5.74, 6) is 0.676. The fourth-order valence-electron chi connectivity index (χ4n) is 3.78. The van der Waals surface area contributed by atoms with Crippen molar-refractivity contribution < 1.29 is 9.53 Å². The number of nitrogens with zero attached hydrogens (tertiary/aromatic N) is 3. The molecule has 1 unspecified atom stereocenters. The smallest absolute Gasteiger partial charge is 0.341 e. The van der Waals surface area contributed by atoms with Gasteiger partial charge in [0.2, 0.25) is 5.95 Å². The Balaban J connectivity index is 1.47. The highest BCUT2D eigenvalue weighted by Crippen LogP contribution is 2.40. The lowest BCUT2D eigenvalue weighted by Crippen LogP contribution is -2.21. The Kier molecular flexibility index (Phi) is 6.33. The second kappa shape index (κ2) is 9.15. The van der Waals surface area contributed by atoms with Gasteiger partial charge < -0.3 is 10.1 Å². The Labute approximate surface area is 190 Å². The van der Waals surface area contributed by atoms with Crippen molar-refractivity contribution in [3.8, 4) is 0 Å². The fourth-order valence-corrected chi connectivity index (χ4v) is 5.44. The Bertz CT molecular complexity index is 1120. The summed E-state index contributed by atoms with van der Waals surface area (Å²) in [6.45, 7) is 4.94. The van der Waals surface area contributed by atoms with E-state index >= 15 is 0 Å². The molecule has 7 nitrogen and oxygen atoms in total. The molecule has 4 rings (SSSR count). The number of hydrogen-bond acceptors (Lipinski definition) is 6. The predicted octanol–water partition coefficient (Wildman–Crippen LogP) is 4.42. The summed E-state index contributed by atoms with van der Waals surface area (Å²) >= 11 is 7.04. The van der Waals surface area contributed by atoms with Gasteiger partial charge in [-0.3, -0.25) is 5.32 Å². The van der Waals surface area contributed by atoms with Crippen molar-refractivity contribution in [2.24, 2.45) is 5.92 Å². The second-order valence-corrected chi connectivity index (χ2v) is 9.33. The molecule has 0 amide bonds. The lowest BCUT2D eigenvalue weighted by Gasteiger charge is -2.18. The molecule has 0 saturated carbocycles. The number of ether oxygens (including phenoxy) is 1. The SMILES string of the molecule is COC(=O)c1c(NC(=S)Nc2ncn(Cc3ccccc3C)n2)sc2c1CCC(C)C2. The molecule has 0 aliphatic heterocycles. The van der Waals surface area contributed by atoms with Crippen molar-refractivity contribution in [2.75, 3.05) is 17.7 Å². The van der Waals surface area contributed by atoms with E-state index in [0.717, 1.165) is 24.8 Å². The molecule has 2 N–H and O–H groups in total. The lowest BCUT2D eigenvalue weighted by molar-refractivity contribution is 0.0601. The first kappa shape index (κ1) is 21.5. The fraction of sp³-hybridized carbons (Fsp3) is 0.364. The van der Waals surface area contributed by atoms with Crippen LogP contribution in [0.15, 0.2) is 30.6 Å². The van der Waals surface area contributed by atoms with E-state index in [-0.39, 0.29) is 5.97 Å². The topological polar surface area (TPSA) is 81.1 Å². The van der Waals surface area contributed by atoms with Gasteiger partial charge in [0.05, 0.1) is 19.2 Å². The number of carbonyl (C=O) groups is 1. The molecule has 0 radical (unpaired) electrons. The zero-order chi connectivity index (χ0) is 22.0. The first-order chi connectivity index (χ1) is 14.9. The van der Waals surface area contributed by atoms with Crippen molar-refractivity contribution in [2.45, 2.75) is 39.7 Å². The summed E-state index contributed by atoms with van der Waals surface area (Å²) in [5.41, 5.74) is 4.06. The summed E-state index contributed by atoms with van der Waals surface area (Å²) in [5, 5.41) is 11.7. The Morgan fingerprint density at radius 3 is 2.94 bits per heavy atom. The molecule has 1 atom stereocenters. The highest BCUT2D eigenvalue weighted by atomic mass is 32.1. The number of thiocarbonyl (C=S) groups is 1. The summed E-state index contributed by atoms with van der Waals surface area (Å²) in [6, 6.07) is 8.18. The molecule has 9 heteroatoms. The molecular weight excluding hydrogens is 430 g/mol. The summed E-state index contributed by atoms with van der Waals surface area (Å²) in [6.07, 6.45) is 4.58. The van der Waals surface area contributed by atoms with Crippen LogP contribution < -0.4 is 10.6 Å². The Morgan fingerprint density at radius 1 is 1.35 bits per heavy atom. The van der Waals surface area contributed by atoms with Crippen LogP contribution >= 0.6 is 23.6 Å². The van der Waals surface area contributed by atoms with E-state index in [4.69, 9.17) is 17.0 Å².